The predicted octanol–water partition coefficient (Wildman–Crippen LogP) is 2.79. The molecule has 0 spiro atoms. The Morgan fingerprint density at radius 2 is 1.88 bits per heavy atom. The molecule has 1 atom stereocenters. The first-order valence-corrected chi connectivity index (χ1v) is 9.88. The van der Waals surface area contributed by atoms with Crippen LogP contribution < -0.4 is 0 Å². The van der Waals surface area contributed by atoms with Crippen molar-refractivity contribution in [3.63, 3.8) is 0 Å². The summed E-state index contributed by atoms with van der Waals surface area (Å²) in [5.41, 5.74) is 1.83. The van der Waals surface area contributed by atoms with Crippen LogP contribution in [0.1, 0.15) is 49.3 Å². The summed E-state index contributed by atoms with van der Waals surface area (Å²) < 4.78 is 0. The predicted molar refractivity (Wildman–Crippen MR) is 103 cm³/mol. The van der Waals surface area contributed by atoms with Crippen molar-refractivity contribution in [1.29, 1.82) is 5.26 Å². The largest absolute Gasteiger partial charge is 0.395 e. The van der Waals surface area contributed by atoms with Crippen LogP contribution in [0.4, 0.5) is 0 Å². The molecular weight excluding hydrogens is 322 g/mol. The van der Waals surface area contributed by atoms with E-state index in [4.69, 9.17) is 5.11 Å². The van der Waals surface area contributed by atoms with Crippen molar-refractivity contribution in [2.24, 2.45) is 5.92 Å². The summed E-state index contributed by atoms with van der Waals surface area (Å²) in [7, 11) is 0. The summed E-state index contributed by atoms with van der Waals surface area (Å²) in [5, 5.41) is 18.4. The van der Waals surface area contributed by atoms with E-state index >= 15 is 0 Å². The van der Waals surface area contributed by atoms with E-state index in [9.17, 15) is 5.26 Å². The number of piperazine rings is 1. The number of rotatable bonds is 4. The van der Waals surface area contributed by atoms with Crippen LogP contribution in [0.15, 0.2) is 24.3 Å². The number of aliphatic hydroxyl groups is 1. The number of benzene rings is 1. The van der Waals surface area contributed by atoms with Gasteiger partial charge in [0.2, 0.25) is 0 Å². The van der Waals surface area contributed by atoms with Crippen LogP contribution in [0.2, 0.25) is 0 Å². The number of hydrogen-bond donors (Lipinski definition) is 1. The van der Waals surface area contributed by atoms with Gasteiger partial charge in [0.1, 0.15) is 0 Å². The number of aliphatic hydroxyl groups excluding tert-OH is 1. The third-order valence-corrected chi connectivity index (χ3v) is 5.55. The Labute approximate surface area is 157 Å². The molecule has 4 heteroatoms. The molecule has 26 heavy (non-hydrogen) atoms. The molecule has 1 aliphatic carbocycles. The van der Waals surface area contributed by atoms with Crippen LogP contribution in [0.5, 0.6) is 0 Å². The molecule has 1 heterocycles. The first-order valence-electron chi connectivity index (χ1n) is 9.88. The second-order valence-electron chi connectivity index (χ2n) is 7.36. The molecule has 1 aromatic carbocycles. The fourth-order valence-corrected chi connectivity index (χ4v) is 3.99. The maximum Gasteiger partial charge on any atom is 0.0991 e. The smallest absolute Gasteiger partial charge is 0.0991 e. The molecule has 3 rings (SSSR count). The van der Waals surface area contributed by atoms with Crippen molar-refractivity contribution in [2.45, 2.75) is 38.1 Å². The minimum absolute atomic E-state index is 0.0569. The van der Waals surface area contributed by atoms with E-state index < -0.39 is 0 Å². The first-order chi connectivity index (χ1) is 12.8. The minimum Gasteiger partial charge on any atom is -0.395 e. The van der Waals surface area contributed by atoms with Crippen LogP contribution in [-0.4, -0.2) is 54.2 Å². The van der Waals surface area contributed by atoms with Crippen molar-refractivity contribution < 1.29 is 5.11 Å². The lowest BCUT2D eigenvalue weighted by atomic mass is 9.89. The van der Waals surface area contributed by atoms with E-state index in [1.807, 2.05) is 18.2 Å². The fourth-order valence-electron chi connectivity index (χ4n) is 3.99. The monoisotopic (exact) mass is 351 g/mol. The fraction of sp³-hybridized carbons (Fsp3) is 0.591. The summed E-state index contributed by atoms with van der Waals surface area (Å²) in [6, 6.07) is 10.2. The lowest BCUT2D eigenvalue weighted by Gasteiger charge is -2.37. The first kappa shape index (κ1) is 18.9. The van der Waals surface area contributed by atoms with Gasteiger partial charge in [-0.2, -0.15) is 5.26 Å². The Morgan fingerprint density at radius 1 is 1.12 bits per heavy atom. The number of nitriles is 1. The van der Waals surface area contributed by atoms with E-state index in [-0.39, 0.29) is 12.6 Å². The molecular formula is C22H29N3O. The Hall–Kier alpha value is -1.85. The Balaban J connectivity index is 1.77. The Morgan fingerprint density at radius 3 is 2.58 bits per heavy atom. The van der Waals surface area contributed by atoms with Crippen LogP contribution >= 0.6 is 0 Å². The highest BCUT2D eigenvalue weighted by Gasteiger charge is 2.24. The minimum atomic E-state index is 0.0569. The lowest BCUT2D eigenvalue weighted by Crippen LogP contribution is -2.48. The summed E-state index contributed by atoms with van der Waals surface area (Å²) >= 11 is 0. The number of nitrogens with zero attached hydrogens (tertiary/aromatic N) is 3. The zero-order valence-corrected chi connectivity index (χ0v) is 15.5. The maximum atomic E-state index is 9.25. The van der Waals surface area contributed by atoms with Crippen molar-refractivity contribution in [3.05, 3.63) is 35.4 Å². The molecule has 0 radical (unpaired) electrons. The third-order valence-electron chi connectivity index (χ3n) is 5.55. The van der Waals surface area contributed by atoms with Crippen molar-refractivity contribution in [2.75, 3.05) is 39.3 Å². The standard InChI is InChI=1S/C22H29N3O/c23-18-20-7-4-8-21(17-20)22(10-9-19-5-2-1-3-6-19)25-13-11-24(12-14-25)15-16-26/h4,7-8,17,19,22,26H,1-3,5-6,11-16H2. The molecule has 1 saturated carbocycles. The molecule has 1 aliphatic heterocycles. The Bertz CT molecular complexity index is 671. The second kappa shape index (κ2) is 9.74. The molecule has 0 aromatic heterocycles. The van der Waals surface area contributed by atoms with Crippen LogP contribution in [0.3, 0.4) is 0 Å². The maximum absolute atomic E-state index is 9.25. The van der Waals surface area contributed by atoms with Crippen LogP contribution in [0, 0.1) is 29.1 Å². The van der Waals surface area contributed by atoms with Crippen molar-refractivity contribution in [3.8, 4) is 17.9 Å². The molecule has 1 unspecified atom stereocenters. The average Bonchev–Trinajstić information content (AvgIpc) is 2.70. The molecule has 0 amide bonds. The molecule has 2 aliphatic rings. The normalized spacial score (nSPS) is 20.8. The zero-order valence-electron chi connectivity index (χ0n) is 15.5. The van der Waals surface area contributed by atoms with Gasteiger partial charge in [-0.3, -0.25) is 9.80 Å². The van der Waals surface area contributed by atoms with Crippen molar-refractivity contribution in [1.82, 2.24) is 9.80 Å². The van der Waals surface area contributed by atoms with Crippen molar-refractivity contribution >= 4 is 0 Å². The van der Waals surface area contributed by atoms with E-state index in [1.165, 1.54) is 32.1 Å². The van der Waals surface area contributed by atoms with Crippen LogP contribution in [-0.2, 0) is 0 Å². The highest BCUT2D eigenvalue weighted by atomic mass is 16.3. The van der Waals surface area contributed by atoms with Gasteiger partial charge in [-0.1, -0.05) is 43.2 Å². The van der Waals surface area contributed by atoms with Gasteiger partial charge in [0, 0.05) is 38.6 Å². The van der Waals surface area contributed by atoms with Gasteiger partial charge in [-0.25, -0.2) is 0 Å². The summed E-state index contributed by atoms with van der Waals surface area (Å²) in [5.74, 6) is 7.66. The van der Waals surface area contributed by atoms with Gasteiger partial charge in [0.25, 0.3) is 0 Å². The van der Waals surface area contributed by atoms with Crippen LogP contribution in [0.25, 0.3) is 0 Å². The topological polar surface area (TPSA) is 50.5 Å². The number of hydrogen-bond acceptors (Lipinski definition) is 4. The van der Waals surface area contributed by atoms with Gasteiger partial charge in [0.15, 0.2) is 0 Å². The molecule has 0 bridgehead atoms. The van der Waals surface area contributed by atoms with Gasteiger partial charge in [-0.05, 0) is 30.5 Å². The molecule has 1 N–H and O–H groups in total. The van der Waals surface area contributed by atoms with Gasteiger partial charge < -0.3 is 5.11 Å². The molecule has 138 valence electrons. The molecule has 2 fully saturated rings. The van der Waals surface area contributed by atoms with E-state index in [1.54, 1.807) is 0 Å². The lowest BCUT2D eigenvalue weighted by molar-refractivity contribution is 0.0986. The zero-order chi connectivity index (χ0) is 18.2. The third kappa shape index (κ3) is 5.08. The van der Waals surface area contributed by atoms with E-state index in [0.29, 0.717) is 11.5 Å². The summed E-state index contributed by atoms with van der Waals surface area (Å²) in [4.78, 5) is 4.73. The van der Waals surface area contributed by atoms with E-state index in [2.05, 4.69) is 33.8 Å². The second-order valence-corrected chi connectivity index (χ2v) is 7.36. The highest BCUT2D eigenvalue weighted by molar-refractivity contribution is 5.37. The summed E-state index contributed by atoms with van der Waals surface area (Å²) in [6.07, 6.45) is 6.39. The van der Waals surface area contributed by atoms with Gasteiger partial charge in [0.05, 0.1) is 24.3 Å². The molecule has 1 aromatic rings. The average molecular weight is 351 g/mol. The Kier molecular flexibility index (Phi) is 7.09. The quantitative estimate of drug-likeness (QED) is 0.848. The SMILES string of the molecule is N#Cc1cccc(C(C#CC2CCCCC2)N2CCN(CCO)CC2)c1. The van der Waals surface area contributed by atoms with Gasteiger partial charge >= 0.3 is 0 Å². The van der Waals surface area contributed by atoms with Gasteiger partial charge in [-0.15, -0.1) is 0 Å². The molecule has 4 nitrogen and oxygen atoms in total. The molecule has 1 saturated heterocycles. The summed E-state index contributed by atoms with van der Waals surface area (Å²) in [6.45, 7) is 4.77. The number of β-amino-alcohol motifs (C(OH)–C–C–N with tert-alkyl or cyclic N) is 1. The highest BCUT2D eigenvalue weighted by Crippen LogP contribution is 2.26. The van der Waals surface area contributed by atoms with E-state index in [0.717, 1.165) is 38.3 Å².